The summed E-state index contributed by atoms with van der Waals surface area (Å²) in [5.41, 5.74) is 1.70. The van der Waals surface area contributed by atoms with E-state index < -0.39 is 5.97 Å². The Kier molecular flexibility index (Phi) is 7.08. The summed E-state index contributed by atoms with van der Waals surface area (Å²) in [6.07, 6.45) is 2.19. The smallest absolute Gasteiger partial charge is 0.349 e. The molecule has 0 aliphatic rings. The van der Waals surface area contributed by atoms with Gasteiger partial charge in [0, 0.05) is 24.7 Å². The Hall–Kier alpha value is -3.33. The number of anilines is 1. The van der Waals surface area contributed by atoms with Gasteiger partial charge in [-0.3, -0.25) is 0 Å². The Labute approximate surface area is 178 Å². The standard InChI is InChI=1S/C21H23N3O5S/c1-4-29-17-11-18(30-20(17)21(25)26)16-10-19(24-12-23-16)22-6-5-13-7-14(27-2)9-15(8-13)28-3/h7-12H,4-6H2,1-3H3,(H,25,26)(H,22,23,24). The molecule has 0 bridgehead atoms. The molecule has 2 aromatic heterocycles. The van der Waals surface area contributed by atoms with Crippen molar-refractivity contribution in [2.24, 2.45) is 0 Å². The van der Waals surface area contributed by atoms with Crippen LogP contribution >= 0.6 is 11.3 Å². The summed E-state index contributed by atoms with van der Waals surface area (Å²) in [5, 5.41) is 12.6. The van der Waals surface area contributed by atoms with Crippen molar-refractivity contribution < 1.29 is 24.1 Å². The number of methoxy groups -OCH3 is 2. The number of carbonyl (C=O) groups is 1. The number of ether oxygens (including phenoxy) is 3. The number of rotatable bonds is 10. The Morgan fingerprint density at radius 1 is 1.10 bits per heavy atom. The molecule has 0 aliphatic carbocycles. The minimum absolute atomic E-state index is 0.159. The van der Waals surface area contributed by atoms with Crippen LogP contribution in [0.5, 0.6) is 17.2 Å². The van der Waals surface area contributed by atoms with E-state index in [0.717, 1.165) is 34.8 Å². The van der Waals surface area contributed by atoms with Gasteiger partial charge < -0.3 is 24.6 Å². The van der Waals surface area contributed by atoms with Crippen molar-refractivity contribution >= 4 is 23.1 Å². The molecule has 0 saturated carbocycles. The maximum atomic E-state index is 11.4. The average Bonchev–Trinajstić information content (AvgIpc) is 3.18. The van der Waals surface area contributed by atoms with Crippen LogP contribution in [0.1, 0.15) is 22.2 Å². The van der Waals surface area contributed by atoms with E-state index in [2.05, 4.69) is 15.3 Å². The monoisotopic (exact) mass is 429 g/mol. The number of hydrogen-bond donors (Lipinski definition) is 2. The van der Waals surface area contributed by atoms with Crippen molar-refractivity contribution in [1.82, 2.24) is 9.97 Å². The van der Waals surface area contributed by atoms with Crippen molar-refractivity contribution in [3.05, 3.63) is 47.1 Å². The SMILES string of the molecule is CCOc1cc(-c2cc(NCCc3cc(OC)cc(OC)c3)ncn2)sc1C(=O)O. The van der Waals surface area contributed by atoms with E-state index in [-0.39, 0.29) is 4.88 Å². The minimum Gasteiger partial charge on any atom is -0.497 e. The summed E-state index contributed by atoms with van der Waals surface area (Å²) in [5.74, 6) is 1.47. The van der Waals surface area contributed by atoms with Gasteiger partial charge in [-0.15, -0.1) is 11.3 Å². The molecule has 1 aromatic carbocycles. The molecule has 0 atom stereocenters. The van der Waals surface area contributed by atoms with Crippen LogP contribution in [0.3, 0.4) is 0 Å². The van der Waals surface area contributed by atoms with Crippen LogP contribution in [0.15, 0.2) is 36.7 Å². The number of benzene rings is 1. The number of carboxylic acid groups (broad SMARTS) is 1. The van der Waals surface area contributed by atoms with E-state index in [1.165, 1.54) is 6.33 Å². The molecule has 3 aromatic rings. The highest BCUT2D eigenvalue weighted by Gasteiger charge is 2.18. The van der Waals surface area contributed by atoms with E-state index in [9.17, 15) is 9.90 Å². The first kappa shape index (κ1) is 21.4. The first-order valence-electron chi connectivity index (χ1n) is 9.32. The molecular formula is C21H23N3O5S. The lowest BCUT2D eigenvalue weighted by atomic mass is 10.1. The average molecular weight is 429 g/mol. The summed E-state index contributed by atoms with van der Waals surface area (Å²) in [4.78, 5) is 20.8. The normalized spacial score (nSPS) is 10.5. The Balaban J connectivity index is 1.71. The number of nitrogens with one attached hydrogen (secondary N) is 1. The van der Waals surface area contributed by atoms with E-state index in [4.69, 9.17) is 14.2 Å². The molecule has 0 amide bonds. The molecule has 158 valence electrons. The predicted octanol–water partition coefficient (Wildman–Crippen LogP) is 3.97. The summed E-state index contributed by atoms with van der Waals surface area (Å²) in [7, 11) is 3.24. The van der Waals surface area contributed by atoms with Crippen LogP contribution in [-0.4, -0.2) is 48.4 Å². The van der Waals surface area contributed by atoms with Gasteiger partial charge in [0.2, 0.25) is 0 Å². The fourth-order valence-corrected chi connectivity index (χ4v) is 3.75. The van der Waals surface area contributed by atoms with Crippen molar-refractivity contribution in [2.75, 3.05) is 32.7 Å². The third-order valence-corrected chi connectivity index (χ3v) is 5.37. The lowest BCUT2D eigenvalue weighted by Crippen LogP contribution is -2.07. The maximum absolute atomic E-state index is 11.4. The molecule has 8 nitrogen and oxygen atoms in total. The first-order chi connectivity index (χ1) is 14.5. The molecule has 3 rings (SSSR count). The summed E-state index contributed by atoms with van der Waals surface area (Å²) < 4.78 is 16.0. The van der Waals surface area contributed by atoms with Crippen molar-refractivity contribution in [1.29, 1.82) is 0 Å². The lowest BCUT2D eigenvalue weighted by molar-refractivity contribution is 0.0698. The topological polar surface area (TPSA) is 103 Å². The molecule has 0 spiro atoms. The summed E-state index contributed by atoms with van der Waals surface area (Å²) >= 11 is 1.13. The molecule has 2 N–H and O–H groups in total. The number of carboxylic acids is 1. The van der Waals surface area contributed by atoms with Crippen LogP contribution in [0.25, 0.3) is 10.6 Å². The van der Waals surface area contributed by atoms with Gasteiger partial charge in [-0.05, 0) is 31.0 Å². The zero-order chi connectivity index (χ0) is 21.5. The highest BCUT2D eigenvalue weighted by molar-refractivity contribution is 7.17. The minimum atomic E-state index is -1.02. The zero-order valence-corrected chi connectivity index (χ0v) is 17.8. The molecule has 0 fully saturated rings. The summed E-state index contributed by atoms with van der Waals surface area (Å²) in [6, 6.07) is 9.25. The Bertz CT molecular complexity index is 999. The molecule has 0 radical (unpaired) electrons. The van der Waals surface area contributed by atoms with E-state index in [0.29, 0.717) is 35.3 Å². The second-order valence-corrected chi connectivity index (χ2v) is 7.28. The Morgan fingerprint density at radius 3 is 2.47 bits per heavy atom. The third-order valence-electron chi connectivity index (χ3n) is 4.24. The van der Waals surface area contributed by atoms with Crippen molar-refractivity contribution in [3.63, 3.8) is 0 Å². The second-order valence-electron chi connectivity index (χ2n) is 6.23. The molecule has 0 unspecified atom stereocenters. The molecule has 2 heterocycles. The molecular weight excluding hydrogens is 406 g/mol. The number of aromatic nitrogens is 2. The van der Waals surface area contributed by atoms with Gasteiger partial charge >= 0.3 is 5.97 Å². The molecule has 9 heteroatoms. The molecule has 30 heavy (non-hydrogen) atoms. The van der Waals surface area contributed by atoms with Crippen LogP contribution in [0.4, 0.5) is 5.82 Å². The maximum Gasteiger partial charge on any atom is 0.349 e. The Morgan fingerprint density at radius 2 is 1.83 bits per heavy atom. The third kappa shape index (κ3) is 5.18. The quantitative estimate of drug-likeness (QED) is 0.499. The number of thiophene rings is 1. The van der Waals surface area contributed by atoms with Crippen LogP contribution < -0.4 is 19.5 Å². The van der Waals surface area contributed by atoms with E-state index >= 15 is 0 Å². The first-order valence-corrected chi connectivity index (χ1v) is 10.1. The fraction of sp³-hybridized carbons (Fsp3) is 0.286. The molecule has 0 saturated heterocycles. The van der Waals surface area contributed by atoms with Gasteiger partial charge in [-0.2, -0.15) is 0 Å². The van der Waals surface area contributed by atoms with Gasteiger partial charge in [0.05, 0.1) is 31.4 Å². The fourth-order valence-electron chi connectivity index (χ4n) is 2.85. The van der Waals surface area contributed by atoms with Gasteiger partial charge in [0.15, 0.2) is 4.88 Å². The predicted molar refractivity (Wildman–Crippen MR) is 115 cm³/mol. The largest absolute Gasteiger partial charge is 0.497 e. The van der Waals surface area contributed by atoms with Crippen molar-refractivity contribution in [2.45, 2.75) is 13.3 Å². The molecule has 0 aliphatic heterocycles. The van der Waals surface area contributed by atoms with Gasteiger partial charge in [0.25, 0.3) is 0 Å². The highest BCUT2D eigenvalue weighted by atomic mass is 32.1. The number of aromatic carboxylic acids is 1. The summed E-state index contributed by atoms with van der Waals surface area (Å²) in [6.45, 7) is 2.84. The number of hydrogen-bond acceptors (Lipinski definition) is 8. The van der Waals surface area contributed by atoms with Crippen LogP contribution in [0, 0.1) is 0 Å². The van der Waals surface area contributed by atoms with Crippen molar-refractivity contribution in [3.8, 4) is 27.8 Å². The van der Waals surface area contributed by atoms with Crippen LogP contribution in [0.2, 0.25) is 0 Å². The van der Waals surface area contributed by atoms with E-state index in [1.807, 2.05) is 25.1 Å². The van der Waals surface area contributed by atoms with Crippen LogP contribution in [-0.2, 0) is 6.42 Å². The van der Waals surface area contributed by atoms with Gasteiger partial charge in [-0.25, -0.2) is 14.8 Å². The lowest BCUT2D eigenvalue weighted by Gasteiger charge is -2.10. The van der Waals surface area contributed by atoms with E-state index in [1.54, 1.807) is 26.4 Å². The zero-order valence-electron chi connectivity index (χ0n) is 17.0. The second kappa shape index (κ2) is 9.93. The van der Waals surface area contributed by atoms with Gasteiger partial charge in [-0.1, -0.05) is 0 Å². The highest BCUT2D eigenvalue weighted by Crippen LogP contribution is 2.36. The number of nitrogens with zero attached hydrogens (tertiary/aromatic N) is 2. The van der Waals surface area contributed by atoms with Gasteiger partial charge in [0.1, 0.15) is 29.4 Å².